The van der Waals surface area contributed by atoms with Crippen molar-refractivity contribution in [2.24, 2.45) is 0 Å². The Bertz CT molecular complexity index is 653. The van der Waals surface area contributed by atoms with E-state index in [0.29, 0.717) is 6.54 Å². The van der Waals surface area contributed by atoms with Gasteiger partial charge in [0.1, 0.15) is 5.69 Å². The fraction of sp³-hybridized carbons (Fsp3) is 0.538. The zero-order valence-electron chi connectivity index (χ0n) is 12.0. The molecule has 0 aliphatic heterocycles. The first kappa shape index (κ1) is 15.7. The van der Waals surface area contributed by atoms with Gasteiger partial charge in [-0.05, 0) is 38.3 Å². The average molecular weight is 313 g/mol. The maximum atomic E-state index is 12.4. The van der Waals surface area contributed by atoms with Gasteiger partial charge in [0.15, 0.2) is 4.90 Å². The third-order valence-electron chi connectivity index (χ3n) is 3.42. The zero-order chi connectivity index (χ0) is 15.7. The fourth-order valence-electron chi connectivity index (χ4n) is 2.00. The molecule has 0 bridgehead atoms. The van der Waals surface area contributed by atoms with Crippen LogP contribution in [-0.4, -0.2) is 25.4 Å². The molecule has 1 fully saturated rings. The number of sulfonamides is 1. The van der Waals surface area contributed by atoms with Gasteiger partial charge in [0.05, 0.1) is 4.92 Å². The van der Waals surface area contributed by atoms with Gasteiger partial charge in [-0.3, -0.25) is 10.1 Å². The standard InChI is InChI=1S/C13H19N3O4S/c1-3-9-14-10-5-4-6-11(12(10)16(17)18)21(19,20)15-13(2)7-8-13/h4-6,14-15H,3,7-9H2,1-2H3. The average Bonchev–Trinajstić information content (AvgIpc) is 3.12. The lowest BCUT2D eigenvalue weighted by molar-refractivity contribution is -0.386. The summed E-state index contributed by atoms with van der Waals surface area (Å²) in [5.74, 6) is 0. The molecule has 0 heterocycles. The van der Waals surface area contributed by atoms with Gasteiger partial charge in [-0.15, -0.1) is 0 Å². The highest BCUT2D eigenvalue weighted by Crippen LogP contribution is 2.38. The molecule has 0 amide bonds. The van der Waals surface area contributed by atoms with E-state index in [4.69, 9.17) is 0 Å². The Morgan fingerprint density at radius 1 is 1.38 bits per heavy atom. The molecule has 2 N–H and O–H groups in total. The molecule has 8 heteroatoms. The Morgan fingerprint density at radius 3 is 2.57 bits per heavy atom. The SMILES string of the molecule is CCCNc1cccc(S(=O)(=O)NC2(C)CC2)c1[N+](=O)[O-]. The van der Waals surface area contributed by atoms with Crippen LogP contribution in [0.3, 0.4) is 0 Å². The van der Waals surface area contributed by atoms with Crippen LogP contribution in [0.2, 0.25) is 0 Å². The Morgan fingerprint density at radius 2 is 2.05 bits per heavy atom. The number of hydrogen-bond acceptors (Lipinski definition) is 5. The Kier molecular flexibility index (Phi) is 4.20. The number of para-hydroxylation sites is 1. The number of nitrogens with one attached hydrogen (secondary N) is 2. The highest BCUT2D eigenvalue weighted by atomic mass is 32.2. The van der Waals surface area contributed by atoms with Crippen LogP contribution in [0.25, 0.3) is 0 Å². The molecule has 1 aliphatic rings. The quantitative estimate of drug-likeness (QED) is 0.594. The zero-order valence-corrected chi connectivity index (χ0v) is 12.9. The first-order valence-corrected chi connectivity index (χ1v) is 8.33. The van der Waals surface area contributed by atoms with Crippen LogP contribution in [-0.2, 0) is 10.0 Å². The second-order valence-corrected chi connectivity index (χ2v) is 7.15. The topological polar surface area (TPSA) is 101 Å². The highest BCUT2D eigenvalue weighted by Gasteiger charge is 2.43. The Hall–Kier alpha value is -1.67. The van der Waals surface area contributed by atoms with Crippen molar-refractivity contribution in [3.8, 4) is 0 Å². The summed E-state index contributed by atoms with van der Waals surface area (Å²) in [5, 5.41) is 14.2. The van der Waals surface area contributed by atoms with Crippen LogP contribution in [0.15, 0.2) is 23.1 Å². The lowest BCUT2D eigenvalue weighted by Crippen LogP contribution is -2.34. The van der Waals surface area contributed by atoms with Gasteiger partial charge in [0, 0.05) is 12.1 Å². The van der Waals surface area contributed by atoms with Crippen molar-refractivity contribution >= 4 is 21.4 Å². The van der Waals surface area contributed by atoms with Crippen LogP contribution in [0.4, 0.5) is 11.4 Å². The molecule has 1 aromatic carbocycles. The first-order valence-electron chi connectivity index (χ1n) is 6.84. The van der Waals surface area contributed by atoms with Crippen molar-refractivity contribution in [1.29, 1.82) is 0 Å². The van der Waals surface area contributed by atoms with Crippen molar-refractivity contribution in [2.45, 2.75) is 43.5 Å². The molecule has 0 radical (unpaired) electrons. The number of nitro benzene ring substituents is 1. The van der Waals surface area contributed by atoms with Gasteiger partial charge >= 0.3 is 5.69 Å². The number of benzene rings is 1. The lowest BCUT2D eigenvalue weighted by Gasteiger charge is -2.14. The van der Waals surface area contributed by atoms with Gasteiger partial charge in [-0.25, -0.2) is 13.1 Å². The normalized spacial score (nSPS) is 16.5. The van der Waals surface area contributed by atoms with Crippen molar-refractivity contribution in [3.05, 3.63) is 28.3 Å². The number of anilines is 1. The highest BCUT2D eigenvalue weighted by molar-refractivity contribution is 7.89. The summed E-state index contributed by atoms with van der Waals surface area (Å²) in [6.45, 7) is 4.25. The molecule has 0 aromatic heterocycles. The second kappa shape index (κ2) is 5.61. The van der Waals surface area contributed by atoms with Gasteiger partial charge in [0.2, 0.25) is 10.0 Å². The van der Waals surface area contributed by atoms with E-state index in [0.717, 1.165) is 19.3 Å². The smallest absolute Gasteiger partial charge is 0.312 e. The van der Waals surface area contributed by atoms with Crippen LogP contribution in [0.5, 0.6) is 0 Å². The third-order valence-corrected chi connectivity index (χ3v) is 5.09. The Balaban J connectivity index is 2.44. The summed E-state index contributed by atoms with van der Waals surface area (Å²) in [7, 11) is -3.91. The van der Waals surface area contributed by atoms with E-state index in [-0.39, 0.29) is 10.6 Å². The van der Waals surface area contributed by atoms with E-state index in [1.165, 1.54) is 18.2 Å². The molecule has 116 valence electrons. The second-order valence-electron chi connectivity index (χ2n) is 5.50. The van der Waals surface area contributed by atoms with Crippen LogP contribution in [0, 0.1) is 10.1 Å². The van der Waals surface area contributed by atoms with Crippen molar-refractivity contribution < 1.29 is 13.3 Å². The predicted molar refractivity (Wildman–Crippen MR) is 79.8 cm³/mol. The molecule has 2 rings (SSSR count). The van der Waals surface area contributed by atoms with E-state index in [1.54, 1.807) is 6.92 Å². The Labute approximate surface area is 123 Å². The van der Waals surface area contributed by atoms with E-state index in [9.17, 15) is 18.5 Å². The van der Waals surface area contributed by atoms with E-state index < -0.39 is 26.2 Å². The van der Waals surface area contributed by atoms with Crippen molar-refractivity contribution in [2.75, 3.05) is 11.9 Å². The molecule has 0 unspecified atom stereocenters. The van der Waals surface area contributed by atoms with Gasteiger partial charge in [-0.2, -0.15) is 0 Å². The van der Waals surface area contributed by atoms with Crippen LogP contribution >= 0.6 is 0 Å². The summed E-state index contributed by atoms with van der Waals surface area (Å²) in [4.78, 5) is 10.4. The maximum absolute atomic E-state index is 12.4. The van der Waals surface area contributed by atoms with Crippen molar-refractivity contribution in [3.63, 3.8) is 0 Å². The molecule has 21 heavy (non-hydrogen) atoms. The van der Waals surface area contributed by atoms with Crippen LogP contribution < -0.4 is 10.0 Å². The van der Waals surface area contributed by atoms with Crippen molar-refractivity contribution in [1.82, 2.24) is 4.72 Å². The minimum absolute atomic E-state index is 0.227. The van der Waals surface area contributed by atoms with Gasteiger partial charge < -0.3 is 5.32 Å². The van der Waals surface area contributed by atoms with Crippen LogP contribution in [0.1, 0.15) is 33.1 Å². The molecule has 7 nitrogen and oxygen atoms in total. The fourth-order valence-corrected chi connectivity index (χ4v) is 3.66. The molecular formula is C13H19N3O4S. The number of nitrogens with zero attached hydrogens (tertiary/aromatic N) is 1. The summed E-state index contributed by atoms with van der Waals surface area (Å²) >= 11 is 0. The summed E-state index contributed by atoms with van der Waals surface area (Å²) in [5.41, 5.74) is -0.645. The molecule has 1 aromatic rings. The molecular weight excluding hydrogens is 294 g/mol. The van der Waals surface area contributed by atoms with E-state index >= 15 is 0 Å². The monoisotopic (exact) mass is 313 g/mol. The molecule has 0 spiro atoms. The molecule has 0 saturated heterocycles. The summed E-state index contributed by atoms with van der Waals surface area (Å²) in [6.07, 6.45) is 2.27. The number of rotatable bonds is 7. The minimum atomic E-state index is -3.91. The number of nitro groups is 1. The van der Waals surface area contributed by atoms with Gasteiger partial charge in [0.25, 0.3) is 0 Å². The van der Waals surface area contributed by atoms with E-state index in [1.807, 2.05) is 6.92 Å². The first-order chi connectivity index (χ1) is 9.79. The number of hydrogen-bond donors (Lipinski definition) is 2. The van der Waals surface area contributed by atoms with Gasteiger partial charge in [-0.1, -0.05) is 13.0 Å². The molecule has 1 aliphatic carbocycles. The van der Waals surface area contributed by atoms with E-state index in [2.05, 4.69) is 10.0 Å². The third kappa shape index (κ3) is 3.51. The largest absolute Gasteiger partial charge is 0.379 e. The summed E-state index contributed by atoms with van der Waals surface area (Å²) < 4.78 is 27.3. The molecule has 0 atom stereocenters. The maximum Gasteiger partial charge on any atom is 0.312 e. The summed E-state index contributed by atoms with van der Waals surface area (Å²) in [6, 6.07) is 4.30. The lowest BCUT2D eigenvalue weighted by atomic mass is 10.2. The molecule has 1 saturated carbocycles. The minimum Gasteiger partial charge on any atom is -0.379 e. The predicted octanol–water partition coefficient (Wildman–Crippen LogP) is 2.25.